The van der Waals surface area contributed by atoms with Gasteiger partial charge in [0.25, 0.3) is 0 Å². The molecule has 0 saturated carbocycles. The van der Waals surface area contributed by atoms with Gasteiger partial charge in [0.2, 0.25) is 21.8 Å². The molecule has 0 unspecified atom stereocenters. The van der Waals surface area contributed by atoms with Gasteiger partial charge in [0, 0.05) is 29.7 Å². The number of ether oxygens (including phenoxy) is 1. The number of hydrogen-bond acceptors (Lipinski definition) is 6. The fraction of sp³-hybridized carbons (Fsp3) is 0.364. The summed E-state index contributed by atoms with van der Waals surface area (Å²) in [5, 5.41) is 2.49. The molecular formula is C22H24FN3O5S2. The molecule has 2 aliphatic rings. The lowest BCUT2D eigenvalue weighted by Gasteiger charge is -2.27. The lowest BCUT2D eigenvalue weighted by Crippen LogP contribution is -2.42. The average Bonchev–Trinajstić information content (AvgIpc) is 2.93. The first-order chi connectivity index (χ1) is 15.8. The van der Waals surface area contributed by atoms with E-state index < -0.39 is 21.7 Å². The van der Waals surface area contributed by atoms with Crippen LogP contribution < -0.4 is 10.2 Å². The van der Waals surface area contributed by atoms with Crippen molar-refractivity contribution in [1.82, 2.24) is 4.31 Å². The summed E-state index contributed by atoms with van der Waals surface area (Å²) >= 11 is 1.43. The normalized spacial score (nSPS) is 19.6. The zero-order valence-corrected chi connectivity index (χ0v) is 19.6. The summed E-state index contributed by atoms with van der Waals surface area (Å²) in [5.74, 6) is -1.36. The average molecular weight is 494 g/mol. The summed E-state index contributed by atoms with van der Waals surface area (Å²) in [4.78, 5) is 27.9. The number of halogens is 1. The predicted octanol–water partition coefficient (Wildman–Crippen LogP) is 2.56. The summed E-state index contributed by atoms with van der Waals surface area (Å²) in [6.07, 6.45) is 0. The minimum Gasteiger partial charge on any atom is -0.379 e. The number of sulfonamides is 1. The van der Waals surface area contributed by atoms with Crippen LogP contribution in [0.2, 0.25) is 0 Å². The molecule has 1 N–H and O–H groups in total. The van der Waals surface area contributed by atoms with Crippen molar-refractivity contribution in [3.63, 3.8) is 0 Å². The van der Waals surface area contributed by atoms with Crippen LogP contribution in [0.5, 0.6) is 0 Å². The van der Waals surface area contributed by atoms with Gasteiger partial charge in [-0.05, 0) is 30.3 Å². The Kier molecular flexibility index (Phi) is 7.03. The first kappa shape index (κ1) is 23.7. The molecule has 33 heavy (non-hydrogen) atoms. The van der Waals surface area contributed by atoms with E-state index in [1.807, 2.05) is 0 Å². The van der Waals surface area contributed by atoms with E-state index in [0.717, 1.165) is 0 Å². The van der Waals surface area contributed by atoms with E-state index in [9.17, 15) is 22.4 Å². The highest BCUT2D eigenvalue weighted by Gasteiger charge is 2.32. The number of nitrogens with one attached hydrogen (secondary N) is 1. The van der Waals surface area contributed by atoms with Gasteiger partial charge in [-0.25, -0.2) is 12.8 Å². The molecule has 2 aromatic carbocycles. The standard InChI is InChI=1S/C22H24FN3O5S2/c1-15-14-32-20-7-6-16(33(29,30)25-8-10-31-11-9-25)12-19(20)26(22(15)28)13-21(27)24-18-5-3-2-4-17(18)23/h2-7,12,15H,8-11,13-14H2,1H3,(H,24,27)/t15-/m0/s1. The van der Waals surface area contributed by atoms with E-state index in [4.69, 9.17) is 4.74 Å². The van der Waals surface area contributed by atoms with Crippen LogP contribution in [-0.2, 0) is 24.3 Å². The van der Waals surface area contributed by atoms with Crippen molar-refractivity contribution >= 4 is 45.0 Å². The molecule has 2 aliphatic heterocycles. The zero-order valence-electron chi connectivity index (χ0n) is 18.0. The molecule has 8 nitrogen and oxygen atoms in total. The summed E-state index contributed by atoms with van der Waals surface area (Å²) < 4.78 is 46.9. The molecular weight excluding hydrogens is 469 g/mol. The number of hydrogen-bond donors (Lipinski definition) is 1. The van der Waals surface area contributed by atoms with Crippen LogP contribution >= 0.6 is 11.8 Å². The third kappa shape index (κ3) is 5.06. The van der Waals surface area contributed by atoms with Crippen LogP contribution in [0.1, 0.15) is 6.92 Å². The molecule has 0 aliphatic carbocycles. The van der Waals surface area contributed by atoms with E-state index in [-0.39, 0.29) is 42.0 Å². The molecule has 4 rings (SSSR count). The highest BCUT2D eigenvalue weighted by molar-refractivity contribution is 7.99. The Morgan fingerprint density at radius 2 is 1.94 bits per heavy atom. The van der Waals surface area contributed by atoms with Gasteiger partial charge in [0.1, 0.15) is 12.4 Å². The Morgan fingerprint density at radius 1 is 1.21 bits per heavy atom. The number of nitrogens with zero attached hydrogens (tertiary/aromatic N) is 2. The minimum atomic E-state index is -3.79. The van der Waals surface area contributed by atoms with Gasteiger partial charge in [-0.3, -0.25) is 9.59 Å². The summed E-state index contributed by atoms with van der Waals surface area (Å²) in [7, 11) is -3.79. The van der Waals surface area contributed by atoms with Gasteiger partial charge in [0.05, 0.1) is 29.5 Å². The smallest absolute Gasteiger partial charge is 0.244 e. The van der Waals surface area contributed by atoms with E-state index in [1.165, 1.54) is 51.3 Å². The minimum absolute atomic E-state index is 0.0102. The lowest BCUT2D eigenvalue weighted by molar-refractivity contribution is -0.123. The van der Waals surface area contributed by atoms with Crippen LogP contribution in [0.3, 0.4) is 0 Å². The Hall–Kier alpha value is -2.47. The van der Waals surface area contributed by atoms with E-state index in [2.05, 4.69) is 5.32 Å². The van der Waals surface area contributed by atoms with Crippen molar-refractivity contribution in [2.45, 2.75) is 16.7 Å². The van der Waals surface area contributed by atoms with Crippen LogP contribution in [0.15, 0.2) is 52.3 Å². The molecule has 2 aromatic rings. The third-order valence-electron chi connectivity index (χ3n) is 5.46. The number of rotatable bonds is 5. The largest absolute Gasteiger partial charge is 0.379 e. The number of amides is 2. The van der Waals surface area contributed by atoms with Crippen molar-refractivity contribution in [1.29, 1.82) is 0 Å². The lowest BCUT2D eigenvalue weighted by atomic mass is 10.1. The Bertz CT molecular complexity index is 1170. The fourth-order valence-corrected chi connectivity index (χ4v) is 6.14. The van der Waals surface area contributed by atoms with Crippen molar-refractivity contribution < 1.29 is 27.1 Å². The van der Waals surface area contributed by atoms with Crippen LogP contribution in [0.4, 0.5) is 15.8 Å². The second-order valence-electron chi connectivity index (χ2n) is 7.81. The molecule has 1 saturated heterocycles. The molecule has 2 heterocycles. The molecule has 0 aromatic heterocycles. The Labute approximate surface area is 196 Å². The quantitative estimate of drug-likeness (QED) is 0.688. The summed E-state index contributed by atoms with van der Waals surface area (Å²) in [6.45, 7) is 2.52. The van der Waals surface area contributed by atoms with E-state index in [0.29, 0.717) is 29.5 Å². The maximum atomic E-state index is 14.0. The molecule has 0 bridgehead atoms. The number of anilines is 2. The number of thioether (sulfide) groups is 1. The number of benzene rings is 2. The van der Waals surface area contributed by atoms with Crippen molar-refractivity contribution in [3.05, 3.63) is 48.3 Å². The molecule has 1 fully saturated rings. The van der Waals surface area contributed by atoms with Crippen molar-refractivity contribution in [2.24, 2.45) is 5.92 Å². The second-order valence-corrected chi connectivity index (χ2v) is 10.8. The van der Waals surface area contributed by atoms with Crippen LogP contribution in [0.25, 0.3) is 0 Å². The van der Waals surface area contributed by atoms with Crippen molar-refractivity contribution in [3.8, 4) is 0 Å². The monoisotopic (exact) mass is 493 g/mol. The number of carbonyl (C=O) groups is 2. The van der Waals surface area contributed by atoms with Gasteiger partial charge in [-0.2, -0.15) is 4.31 Å². The SMILES string of the molecule is C[C@H]1CSc2ccc(S(=O)(=O)N3CCOCC3)cc2N(CC(=O)Nc2ccccc2F)C1=O. The highest BCUT2D eigenvalue weighted by atomic mass is 32.2. The summed E-state index contributed by atoms with van der Waals surface area (Å²) in [5.41, 5.74) is 0.364. The summed E-state index contributed by atoms with van der Waals surface area (Å²) in [6, 6.07) is 10.4. The highest BCUT2D eigenvalue weighted by Crippen LogP contribution is 2.38. The number of carbonyl (C=O) groups excluding carboxylic acids is 2. The van der Waals surface area contributed by atoms with Crippen LogP contribution in [-0.4, -0.2) is 63.1 Å². The molecule has 1 atom stereocenters. The fourth-order valence-electron chi connectivity index (χ4n) is 3.66. The molecule has 0 radical (unpaired) electrons. The predicted molar refractivity (Wildman–Crippen MR) is 123 cm³/mol. The molecule has 176 valence electrons. The van der Waals surface area contributed by atoms with E-state index >= 15 is 0 Å². The Balaban J connectivity index is 1.66. The van der Waals surface area contributed by atoms with Gasteiger partial charge >= 0.3 is 0 Å². The second kappa shape index (κ2) is 9.80. The van der Waals surface area contributed by atoms with Crippen molar-refractivity contribution in [2.75, 3.05) is 48.8 Å². The number of para-hydroxylation sites is 1. The molecule has 0 spiro atoms. The molecule has 11 heteroatoms. The zero-order chi connectivity index (χ0) is 23.6. The molecule has 2 amide bonds. The van der Waals surface area contributed by atoms with E-state index in [1.54, 1.807) is 19.1 Å². The maximum Gasteiger partial charge on any atom is 0.244 e. The van der Waals surface area contributed by atoms with Crippen LogP contribution in [0, 0.1) is 11.7 Å². The maximum absolute atomic E-state index is 14.0. The van der Waals surface area contributed by atoms with Gasteiger partial charge in [0.15, 0.2) is 0 Å². The number of morpholine rings is 1. The Morgan fingerprint density at radius 3 is 2.67 bits per heavy atom. The first-order valence-corrected chi connectivity index (χ1v) is 12.9. The van der Waals surface area contributed by atoms with Gasteiger partial charge in [-0.1, -0.05) is 19.1 Å². The number of fused-ring (bicyclic) bond motifs is 1. The van der Waals surface area contributed by atoms with Gasteiger partial charge in [-0.15, -0.1) is 11.8 Å². The van der Waals surface area contributed by atoms with Gasteiger partial charge < -0.3 is 15.0 Å². The topological polar surface area (TPSA) is 96.0 Å². The third-order valence-corrected chi connectivity index (χ3v) is 8.67. The first-order valence-electron chi connectivity index (χ1n) is 10.5.